The summed E-state index contributed by atoms with van der Waals surface area (Å²) in [6, 6.07) is 32.4. The monoisotopic (exact) mass is 1390 g/mol. The van der Waals surface area contributed by atoms with Crippen LogP contribution in [0, 0.1) is 24.7 Å². The minimum Gasteiger partial charge on any atom is -0.493 e. The first kappa shape index (κ1) is 76.8. The van der Waals surface area contributed by atoms with E-state index in [1.807, 2.05) is 20.8 Å². The molecular formula is C77H79NO23. The van der Waals surface area contributed by atoms with E-state index in [1.54, 1.807) is 79.7 Å². The number of carbonyl (C=O) groups is 11. The van der Waals surface area contributed by atoms with Crippen molar-refractivity contribution >= 4 is 77.2 Å². The number of hydrogen-bond acceptors (Lipinski definition) is 23. The molecule has 0 saturated heterocycles. The van der Waals surface area contributed by atoms with Crippen molar-refractivity contribution in [2.75, 3.05) is 58.2 Å². The molecule has 1 saturated carbocycles. The summed E-state index contributed by atoms with van der Waals surface area (Å²) < 4.78 is 66.0. The van der Waals surface area contributed by atoms with Gasteiger partial charge in [-0.25, -0.2) is 28.8 Å². The number of Topliss-reactive ketones (excluding diaryl/α,β-unsaturated/α-hetero) is 1. The first-order chi connectivity index (χ1) is 48.7. The molecular weight excluding hydrogens is 1310 g/mol. The summed E-state index contributed by atoms with van der Waals surface area (Å²) in [5.41, 5.74) is 2.54. The molecule has 6 aromatic rings. The predicted octanol–water partition coefficient (Wildman–Crippen LogP) is 11.9. The highest BCUT2D eigenvalue weighted by molar-refractivity contribution is 6.02. The smallest absolute Gasteiger partial charge is 0.343 e. The predicted molar refractivity (Wildman–Crippen MR) is 366 cm³/mol. The molecule has 0 heterocycles. The molecule has 24 nitrogen and oxygen atoms in total. The second-order valence-corrected chi connectivity index (χ2v) is 23.1. The first-order valence-electron chi connectivity index (χ1n) is 32.7. The summed E-state index contributed by atoms with van der Waals surface area (Å²) in [5.74, 6) is -6.68. The fraction of sp³-hybridized carbons (Fsp3) is 0.312. The van der Waals surface area contributed by atoms with Crippen LogP contribution in [-0.4, -0.2) is 118 Å². The molecule has 1 aliphatic rings. The fourth-order valence-corrected chi connectivity index (χ4v) is 9.67. The molecule has 6 aromatic carbocycles. The maximum atomic E-state index is 13.6. The Hall–Kier alpha value is -11.5. The van der Waals surface area contributed by atoms with Crippen molar-refractivity contribution in [1.82, 2.24) is 0 Å². The second-order valence-electron chi connectivity index (χ2n) is 23.1. The van der Waals surface area contributed by atoms with Gasteiger partial charge in [0.05, 0.1) is 69.0 Å². The average Bonchev–Trinajstić information content (AvgIpc) is 0.827. The van der Waals surface area contributed by atoms with Gasteiger partial charge in [0, 0.05) is 42.7 Å². The molecule has 1 fully saturated rings. The number of aryl methyl sites for hydroxylation is 1. The topological polar surface area (TPSA) is 311 Å². The van der Waals surface area contributed by atoms with Crippen molar-refractivity contribution in [3.63, 3.8) is 0 Å². The van der Waals surface area contributed by atoms with Crippen LogP contribution in [0.1, 0.15) is 130 Å². The summed E-state index contributed by atoms with van der Waals surface area (Å²) in [5, 5.41) is 2.71. The van der Waals surface area contributed by atoms with Gasteiger partial charge in [-0.05, 0) is 171 Å². The Morgan fingerprint density at radius 3 is 1.60 bits per heavy atom. The van der Waals surface area contributed by atoms with Crippen LogP contribution in [0.25, 0.3) is 6.08 Å². The van der Waals surface area contributed by atoms with Crippen molar-refractivity contribution in [3.05, 3.63) is 198 Å². The number of rotatable bonds is 37. The fourth-order valence-electron chi connectivity index (χ4n) is 9.67. The molecule has 0 radical (unpaired) electrons. The maximum absolute atomic E-state index is 13.6. The summed E-state index contributed by atoms with van der Waals surface area (Å²) in [7, 11) is 0. The van der Waals surface area contributed by atoms with E-state index in [4.69, 9.17) is 56.8 Å². The number of hydrogen-bond donors (Lipinski definition) is 1. The van der Waals surface area contributed by atoms with E-state index in [-0.39, 0.29) is 140 Å². The first-order valence-corrected chi connectivity index (χ1v) is 32.7. The van der Waals surface area contributed by atoms with E-state index < -0.39 is 71.5 Å². The van der Waals surface area contributed by atoms with Crippen LogP contribution < -0.4 is 38.5 Å². The van der Waals surface area contributed by atoms with Crippen LogP contribution in [0.2, 0.25) is 0 Å². The number of carbonyl (C=O) groups excluding carboxylic acids is 11. The van der Waals surface area contributed by atoms with E-state index in [0.717, 1.165) is 17.7 Å². The normalized spacial score (nSPS) is 13.4. The average molecular weight is 1390 g/mol. The molecule has 101 heavy (non-hydrogen) atoms. The lowest BCUT2D eigenvalue weighted by Gasteiger charge is -2.26. The third-order valence-corrected chi connectivity index (χ3v) is 15.1. The zero-order chi connectivity index (χ0) is 72.6. The molecule has 1 atom stereocenters. The number of nitrogens with one attached hydrogen (secondary N) is 1. The Kier molecular flexibility index (Phi) is 30.2. The van der Waals surface area contributed by atoms with E-state index in [0.29, 0.717) is 61.8 Å². The van der Waals surface area contributed by atoms with E-state index in [9.17, 15) is 52.7 Å². The Morgan fingerprint density at radius 1 is 0.505 bits per heavy atom. The van der Waals surface area contributed by atoms with Gasteiger partial charge in [0.2, 0.25) is 5.91 Å². The number of benzene rings is 6. The lowest BCUT2D eigenvalue weighted by Crippen LogP contribution is -2.30. The molecule has 7 rings (SSSR count). The van der Waals surface area contributed by atoms with Crippen LogP contribution in [0.15, 0.2) is 159 Å². The zero-order valence-corrected chi connectivity index (χ0v) is 56.5. The number of anilines is 1. The van der Waals surface area contributed by atoms with Gasteiger partial charge in [-0.15, -0.1) is 0 Å². The van der Waals surface area contributed by atoms with Crippen molar-refractivity contribution in [2.24, 2.45) is 17.8 Å². The molecule has 0 aromatic heterocycles. The van der Waals surface area contributed by atoms with Gasteiger partial charge >= 0.3 is 53.7 Å². The van der Waals surface area contributed by atoms with Crippen molar-refractivity contribution < 1.29 is 110 Å². The molecule has 0 aliphatic heterocycles. The van der Waals surface area contributed by atoms with Gasteiger partial charge in [0.15, 0.2) is 5.78 Å². The highest BCUT2D eigenvalue weighted by atomic mass is 16.6. The molecule has 530 valence electrons. The zero-order valence-electron chi connectivity index (χ0n) is 56.5. The Labute approximate surface area is 583 Å². The summed E-state index contributed by atoms with van der Waals surface area (Å²) in [6.07, 6.45) is 7.54. The van der Waals surface area contributed by atoms with Crippen LogP contribution >= 0.6 is 0 Å². The van der Waals surface area contributed by atoms with Gasteiger partial charge < -0.3 is 62.2 Å². The molecule has 1 amide bonds. The maximum Gasteiger partial charge on any atom is 0.343 e. The Morgan fingerprint density at radius 2 is 1.03 bits per heavy atom. The second kappa shape index (κ2) is 39.8. The summed E-state index contributed by atoms with van der Waals surface area (Å²) in [4.78, 5) is 140. The number of amides is 1. The largest absolute Gasteiger partial charge is 0.493 e. The van der Waals surface area contributed by atoms with Gasteiger partial charge in [-0.1, -0.05) is 58.2 Å². The Balaban J connectivity index is 0.838. The van der Waals surface area contributed by atoms with E-state index in [2.05, 4.69) is 18.5 Å². The minimum atomic E-state index is -0.811. The van der Waals surface area contributed by atoms with Crippen molar-refractivity contribution in [2.45, 2.75) is 85.5 Å². The Bertz CT molecular complexity index is 3960. The van der Waals surface area contributed by atoms with Gasteiger partial charge in [-0.2, -0.15) is 0 Å². The van der Waals surface area contributed by atoms with E-state index >= 15 is 0 Å². The van der Waals surface area contributed by atoms with Crippen LogP contribution in [0.4, 0.5) is 5.69 Å². The minimum absolute atomic E-state index is 0.0147. The van der Waals surface area contributed by atoms with Crippen molar-refractivity contribution in [3.8, 4) is 40.2 Å². The van der Waals surface area contributed by atoms with Gasteiger partial charge in [0.1, 0.15) is 64.6 Å². The third kappa shape index (κ3) is 25.4. The van der Waals surface area contributed by atoms with Crippen molar-refractivity contribution in [1.29, 1.82) is 0 Å². The molecule has 24 heteroatoms. The van der Waals surface area contributed by atoms with Crippen LogP contribution in [0.3, 0.4) is 0 Å². The lowest BCUT2D eigenvalue weighted by molar-refractivity contribution is -0.145. The van der Waals surface area contributed by atoms with Crippen LogP contribution in [-0.2, 0) is 63.7 Å². The highest BCUT2D eigenvalue weighted by Crippen LogP contribution is 2.34. The van der Waals surface area contributed by atoms with E-state index in [1.165, 1.54) is 66.7 Å². The third-order valence-electron chi connectivity index (χ3n) is 15.1. The molecule has 0 spiro atoms. The SMILES string of the molecule is C=CC(=O)OCCOCC(=O)CCC(=O)Oc1ccc(NC(=O)/C=C/c2ccc(OC(=O)C3CCC(C(=O)Oc4ccc(OCC(C)COc5ccc(OC(=O)c6ccc(C(=O)Oc7ccc(CCOC(=O)C=C)cc7)c(C)c6)c(C(=O)OCCC)c5)cc4C(=O)OCCC)CC3)cc2)cc1. The lowest BCUT2D eigenvalue weighted by atomic mass is 9.82. The molecule has 1 unspecified atom stereocenters. The summed E-state index contributed by atoms with van der Waals surface area (Å²) >= 11 is 0. The molecule has 0 bridgehead atoms. The van der Waals surface area contributed by atoms with Gasteiger partial charge in [0.25, 0.3) is 0 Å². The summed E-state index contributed by atoms with van der Waals surface area (Å²) in [6.45, 7) is 14.1. The molecule has 1 N–H and O–H groups in total. The standard InChI is InChI=1S/C77H79NO23/c1-7-38-93-75(87)64-44-61(95-46-49(5)47-96-62-31-34-67(65(45-62)76(88)94-39-8-2)101-74(86)55-20-32-63(50(6)43-55)77(89)99-60-26-13-52(14-27-60)37-40-91-69(81)9-3)30-33-66(64)100-73(85)54-18-16-53(17-19-54)72(84)98-59-24-11-51(12-25-59)15-35-68(80)78-56-21-28-58(29-22-56)97-71(83)36-23-57(79)48-90-41-42-92-70(82)10-4/h9-15,20-22,24-35,43-45,49,53-54H,3-4,7-8,16-19,23,36-42,46-48H2,1-2,5-6H3,(H,78,80)/b35-15+. The number of ketones is 1. The van der Waals surface area contributed by atoms with Gasteiger partial charge in [-0.3, -0.25) is 24.0 Å². The molecule has 1 aliphatic carbocycles. The highest BCUT2D eigenvalue weighted by Gasteiger charge is 2.33. The number of ether oxygens (including phenoxy) is 12. The van der Waals surface area contributed by atoms with Crippen LogP contribution in [0.5, 0.6) is 40.2 Å². The number of esters is 9. The quantitative estimate of drug-likeness (QED) is 0.0124.